The molecule has 0 amide bonds. The summed E-state index contributed by atoms with van der Waals surface area (Å²) in [6.07, 6.45) is 11.6. The van der Waals surface area contributed by atoms with Crippen molar-refractivity contribution < 1.29 is 9.90 Å². The maximum absolute atomic E-state index is 10.7. The Bertz CT molecular complexity index is 890. The van der Waals surface area contributed by atoms with E-state index in [4.69, 9.17) is 0 Å². The molecular weight excluding hydrogens is 312 g/mol. The van der Waals surface area contributed by atoms with Crippen LogP contribution in [0.1, 0.15) is 15.9 Å². The molecule has 4 heteroatoms. The summed E-state index contributed by atoms with van der Waals surface area (Å²) in [4.78, 5) is 17.1. The van der Waals surface area contributed by atoms with Crippen LogP contribution in [0.15, 0.2) is 84.0 Å². The number of carbonyl (C=O) groups excluding carboxylic acids is 1. The molecule has 0 fully saturated rings. The van der Waals surface area contributed by atoms with Crippen LogP contribution in [0, 0.1) is 0 Å². The summed E-state index contributed by atoms with van der Waals surface area (Å²) in [5.41, 5.74) is 4.33. The van der Waals surface area contributed by atoms with Gasteiger partial charge in [-0.05, 0) is 41.5 Å². The topological polar surface area (TPSA) is 55.7 Å². The van der Waals surface area contributed by atoms with Gasteiger partial charge in [-0.2, -0.15) is 0 Å². The highest BCUT2D eigenvalue weighted by molar-refractivity contribution is 5.88. The molecule has 2 aromatic carbocycles. The van der Waals surface area contributed by atoms with Gasteiger partial charge in [0.25, 0.3) is 0 Å². The van der Waals surface area contributed by atoms with E-state index in [9.17, 15) is 9.90 Å². The zero-order valence-electron chi connectivity index (χ0n) is 13.8. The first-order valence-corrected chi connectivity index (χ1v) is 7.88. The summed E-state index contributed by atoms with van der Waals surface area (Å²) >= 11 is 0. The van der Waals surface area contributed by atoms with Gasteiger partial charge in [0.05, 0.1) is 11.7 Å². The Labute approximate surface area is 146 Å². The average Bonchev–Trinajstić information content (AvgIpc) is 2.64. The normalized spacial score (nSPS) is 15.2. The third kappa shape index (κ3) is 3.93. The molecule has 0 saturated heterocycles. The number of carboxylic acid groups (broad SMARTS) is 1. The zero-order chi connectivity index (χ0) is 17.6. The molecule has 1 aliphatic heterocycles. The fourth-order valence-corrected chi connectivity index (χ4v) is 2.55. The highest BCUT2D eigenvalue weighted by Crippen LogP contribution is 2.31. The minimum absolute atomic E-state index is 0.145. The molecule has 0 N–H and O–H groups in total. The number of rotatable bonds is 4. The summed E-state index contributed by atoms with van der Waals surface area (Å²) in [5, 5.41) is 10.7. The van der Waals surface area contributed by atoms with Crippen LogP contribution in [0.5, 0.6) is 0 Å². The minimum Gasteiger partial charge on any atom is -0.545 e. The SMILES string of the molecule is CN1C=C/C(=C\C=C\C=Nc2ccc(C(=O)[O-])cc2)c2ccccc21. The fourth-order valence-electron chi connectivity index (χ4n) is 2.55. The summed E-state index contributed by atoms with van der Waals surface area (Å²) in [6.45, 7) is 0. The van der Waals surface area contributed by atoms with E-state index in [-0.39, 0.29) is 5.56 Å². The minimum atomic E-state index is -1.19. The summed E-state index contributed by atoms with van der Waals surface area (Å²) in [7, 11) is 2.03. The van der Waals surface area contributed by atoms with Crippen LogP contribution in [0.4, 0.5) is 11.4 Å². The van der Waals surface area contributed by atoms with E-state index in [1.165, 1.54) is 23.4 Å². The molecule has 1 aliphatic rings. The molecule has 0 saturated carbocycles. The number of aliphatic imine (C=N–C) groups is 1. The van der Waals surface area contributed by atoms with Gasteiger partial charge < -0.3 is 14.8 Å². The molecule has 2 aromatic rings. The van der Waals surface area contributed by atoms with Gasteiger partial charge in [0.15, 0.2) is 0 Å². The molecule has 0 spiro atoms. The second-order valence-electron chi connectivity index (χ2n) is 5.56. The fraction of sp³-hybridized carbons (Fsp3) is 0.0476. The van der Waals surface area contributed by atoms with Crippen molar-refractivity contribution in [3.05, 3.63) is 90.2 Å². The molecule has 0 unspecified atom stereocenters. The summed E-state index contributed by atoms with van der Waals surface area (Å²) in [5.74, 6) is -1.19. The molecule has 0 aromatic heterocycles. The molecule has 4 nitrogen and oxygen atoms in total. The Balaban J connectivity index is 1.69. The van der Waals surface area contributed by atoms with Gasteiger partial charge in [-0.1, -0.05) is 42.5 Å². The van der Waals surface area contributed by atoms with Gasteiger partial charge in [-0.15, -0.1) is 0 Å². The Morgan fingerprint density at radius 3 is 2.60 bits per heavy atom. The molecule has 3 rings (SSSR count). The maximum atomic E-state index is 10.7. The Morgan fingerprint density at radius 1 is 1.08 bits per heavy atom. The van der Waals surface area contributed by atoms with Crippen LogP contribution < -0.4 is 10.0 Å². The standard InChI is InChI=1S/C21H18N2O2/c1-23-15-13-16(19-7-2-3-8-20(19)23)6-4-5-14-22-18-11-9-17(10-12-18)21(24)25/h2-15H,1H3,(H,24,25)/p-1/b5-4+,16-6+,22-14?. The average molecular weight is 329 g/mol. The second-order valence-corrected chi connectivity index (χ2v) is 5.56. The van der Waals surface area contributed by atoms with E-state index >= 15 is 0 Å². The van der Waals surface area contributed by atoms with Gasteiger partial charge in [-0.3, -0.25) is 4.99 Å². The zero-order valence-corrected chi connectivity index (χ0v) is 13.8. The van der Waals surface area contributed by atoms with Crippen LogP contribution in [-0.4, -0.2) is 19.2 Å². The number of aromatic carboxylic acids is 1. The van der Waals surface area contributed by atoms with Gasteiger partial charge in [0.1, 0.15) is 0 Å². The third-order valence-corrected chi connectivity index (χ3v) is 3.87. The van der Waals surface area contributed by atoms with Crippen molar-refractivity contribution >= 4 is 29.1 Å². The lowest BCUT2D eigenvalue weighted by molar-refractivity contribution is -0.255. The lowest BCUT2D eigenvalue weighted by Crippen LogP contribution is -2.21. The monoisotopic (exact) mass is 329 g/mol. The van der Waals surface area contributed by atoms with Crippen molar-refractivity contribution in [3.8, 4) is 0 Å². The molecule has 124 valence electrons. The third-order valence-electron chi connectivity index (χ3n) is 3.87. The number of nitrogens with zero attached hydrogens (tertiary/aromatic N) is 2. The van der Waals surface area contributed by atoms with E-state index in [2.05, 4.69) is 28.1 Å². The first-order valence-electron chi connectivity index (χ1n) is 7.88. The second kappa shape index (κ2) is 7.45. The van der Waals surface area contributed by atoms with Crippen molar-refractivity contribution in [3.63, 3.8) is 0 Å². The summed E-state index contributed by atoms with van der Waals surface area (Å²) in [6, 6.07) is 14.5. The molecule has 25 heavy (non-hydrogen) atoms. The smallest absolute Gasteiger partial charge is 0.0715 e. The van der Waals surface area contributed by atoms with Gasteiger partial charge >= 0.3 is 0 Å². The number of benzene rings is 2. The van der Waals surface area contributed by atoms with Crippen molar-refractivity contribution in [1.29, 1.82) is 0 Å². The number of para-hydroxylation sites is 1. The molecular formula is C21H17N2O2-. The maximum Gasteiger partial charge on any atom is 0.0715 e. The number of carboxylic acids is 1. The number of fused-ring (bicyclic) bond motifs is 1. The van der Waals surface area contributed by atoms with E-state index in [0.717, 1.165) is 5.57 Å². The molecule has 0 radical (unpaired) electrons. The van der Waals surface area contributed by atoms with Crippen LogP contribution in [-0.2, 0) is 0 Å². The van der Waals surface area contributed by atoms with Gasteiger partial charge in [0, 0.05) is 30.7 Å². The molecule has 1 heterocycles. The number of hydrogen-bond acceptors (Lipinski definition) is 4. The quantitative estimate of drug-likeness (QED) is 0.808. The lowest BCUT2D eigenvalue weighted by atomic mass is 10.00. The van der Waals surface area contributed by atoms with Gasteiger partial charge in [0.2, 0.25) is 0 Å². The molecule has 0 bridgehead atoms. The lowest BCUT2D eigenvalue weighted by Gasteiger charge is -2.23. The van der Waals surface area contributed by atoms with Crippen LogP contribution in [0.25, 0.3) is 5.57 Å². The molecule has 0 aliphatic carbocycles. The van der Waals surface area contributed by atoms with E-state index in [0.29, 0.717) is 5.69 Å². The number of anilines is 1. The Kier molecular flexibility index (Phi) is 4.90. The van der Waals surface area contributed by atoms with E-state index in [1.54, 1.807) is 18.3 Å². The van der Waals surface area contributed by atoms with Crippen molar-refractivity contribution in [2.24, 2.45) is 4.99 Å². The van der Waals surface area contributed by atoms with Crippen molar-refractivity contribution in [2.45, 2.75) is 0 Å². The van der Waals surface area contributed by atoms with Gasteiger partial charge in [-0.25, -0.2) is 0 Å². The van der Waals surface area contributed by atoms with Crippen LogP contribution in [0.2, 0.25) is 0 Å². The first-order chi connectivity index (χ1) is 12.1. The summed E-state index contributed by atoms with van der Waals surface area (Å²) < 4.78 is 0. The van der Waals surface area contributed by atoms with Crippen LogP contribution >= 0.6 is 0 Å². The number of carbonyl (C=O) groups is 1. The number of allylic oxidation sites excluding steroid dienone is 5. The van der Waals surface area contributed by atoms with E-state index in [1.807, 2.05) is 43.6 Å². The van der Waals surface area contributed by atoms with Crippen molar-refractivity contribution in [2.75, 3.05) is 11.9 Å². The highest BCUT2D eigenvalue weighted by Gasteiger charge is 2.11. The predicted octanol–water partition coefficient (Wildman–Crippen LogP) is 3.36. The first kappa shape index (κ1) is 16.5. The largest absolute Gasteiger partial charge is 0.545 e. The molecule has 0 atom stereocenters. The predicted molar refractivity (Wildman–Crippen MR) is 100 cm³/mol. The Hall–Kier alpha value is -3.40. The van der Waals surface area contributed by atoms with Crippen LogP contribution in [0.3, 0.4) is 0 Å². The van der Waals surface area contributed by atoms with Crippen molar-refractivity contribution in [1.82, 2.24) is 0 Å². The van der Waals surface area contributed by atoms with E-state index < -0.39 is 5.97 Å². The Morgan fingerprint density at radius 2 is 1.84 bits per heavy atom. The number of hydrogen-bond donors (Lipinski definition) is 0. The highest BCUT2D eigenvalue weighted by atomic mass is 16.4.